The monoisotopic (exact) mass is 291 g/mol. The lowest BCUT2D eigenvalue weighted by Gasteiger charge is -2.31. The Bertz CT molecular complexity index is 400. The minimum Gasteiger partial charge on any atom is -0.396 e. The maximum Gasteiger partial charge on any atom is 0.0599 e. The highest BCUT2D eigenvalue weighted by Crippen LogP contribution is 2.15. The molecule has 21 heavy (non-hydrogen) atoms. The molecule has 118 valence electrons. The normalized spacial score (nSPS) is 17.2. The van der Waals surface area contributed by atoms with Gasteiger partial charge in [-0.3, -0.25) is 0 Å². The molecule has 0 amide bonds. The lowest BCUT2D eigenvalue weighted by Crippen LogP contribution is -2.37. The van der Waals surface area contributed by atoms with Crippen LogP contribution in [0.25, 0.3) is 0 Å². The molecule has 0 radical (unpaired) electrons. The largest absolute Gasteiger partial charge is 0.396 e. The number of ether oxygens (including phenoxy) is 1. The van der Waals surface area contributed by atoms with Gasteiger partial charge >= 0.3 is 0 Å². The maximum atomic E-state index is 8.76. The first-order valence-corrected chi connectivity index (χ1v) is 8.29. The fraction of sp³-hybridized carbons (Fsp3) is 0.667. The van der Waals surface area contributed by atoms with Crippen molar-refractivity contribution in [1.29, 1.82) is 0 Å². The highest BCUT2D eigenvalue weighted by molar-refractivity contribution is 5.25. The summed E-state index contributed by atoms with van der Waals surface area (Å²) in [7, 11) is 0. The van der Waals surface area contributed by atoms with Crippen LogP contribution in [-0.2, 0) is 11.2 Å². The summed E-state index contributed by atoms with van der Waals surface area (Å²) in [5, 5.41) is 8.76. The average molecular weight is 291 g/mol. The van der Waals surface area contributed by atoms with Gasteiger partial charge in [0, 0.05) is 26.3 Å². The molecule has 0 saturated carbocycles. The van der Waals surface area contributed by atoms with Crippen LogP contribution in [0.15, 0.2) is 24.3 Å². The van der Waals surface area contributed by atoms with Crippen LogP contribution in [-0.4, -0.2) is 49.0 Å². The Labute approximate surface area is 128 Å². The van der Waals surface area contributed by atoms with Gasteiger partial charge in [0.2, 0.25) is 0 Å². The molecule has 1 aliphatic rings. The van der Waals surface area contributed by atoms with E-state index >= 15 is 0 Å². The van der Waals surface area contributed by atoms with E-state index in [1.807, 2.05) is 0 Å². The standard InChI is InChI=1S/C18H29NO2/c1-16-6-2-3-7-17(16)8-4-11-19-12-9-18(10-13-19)21-15-5-14-20/h2-3,6-7,18,20H,4-5,8-15H2,1H3. The fourth-order valence-corrected chi connectivity index (χ4v) is 3.00. The van der Waals surface area contributed by atoms with Crippen molar-refractivity contribution in [1.82, 2.24) is 4.90 Å². The summed E-state index contributed by atoms with van der Waals surface area (Å²) in [6.45, 7) is 6.63. The second-order valence-corrected chi connectivity index (χ2v) is 6.02. The van der Waals surface area contributed by atoms with Gasteiger partial charge in [0.15, 0.2) is 0 Å². The molecule has 0 spiro atoms. The van der Waals surface area contributed by atoms with Crippen LogP contribution in [0, 0.1) is 6.92 Å². The molecular weight excluding hydrogens is 262 g/mol. The average Bonchev–Trinajstić information content (AvgIpc) is 2.51. The number of aliphatic hydroxyl groups is 1. The van der Waals surface area contributed by atoms with Gasteiger partial charge in [-0.15, -0.1) is 0 Å². The number of hydrogen-bond acceptors (Lipinski definition) is 3. The second-order valence-electron chi connectivity index (χ2n) is 6.02. The van der Waals surface area contributed by atoms with E-state index in [-0.39, 0.29) is 6.61 Å². The van der Waals surface area contributed by atoms with Gasteiger partial charge < -0.3 is 14.7 Å². The van der Waals surface area contributed by atoms with Crippen LogP contribution < -0.4 is 0 Å². The Morgan fingerprint density at radius 2 is 1.95 bits per heavy atom. The van der Waals surface area contributed by atoms with Gasteiger partial charge in [-0.1, -0.05) is 24.3 Å². The van der Waals surface area contributed by atoms with E-state index in [1.54, 1.807) is 0 Å². The summed E-state index contributed by atoms with van der Waals surface area (Å²) >= 11 is 0. The zero-order valence-corrected chi connectivity index (χ0v) is 13.3. The molecule has 3 heteroatoms. The van der Waals surface area contributed by atoms with Gasteiger partial charge in [0.25, 0.3) is 0 Å². The number of piperidine rings is 1. The molecule has 3 nitrogen and oxygen atoms in total. The summed E-state index contributed by atoms with van der Waals surface area (Å²) in [4.78, 5) is 2.56. The third kappa shape index (κ3) is 5.77. The van der Waals surface area contributed by atoms with Crippen molar-refractivity contribution >= 4 is 0 Å². The third-order valence-electron chi connectivity index (χ3n) is 4.37. The van der Waals surface area contributed by atoms with Crippen LogP contribution in [0.1, 0.15) is 36.8 Å². The minimum absolute atomic E-state index is 0.234. The van der Waals surface area contributed by atoms with E-state index in [2.05, 4.69) is 36.1 Å². The number of rotatable bonds is 8. The van der Waals surface area contributed by atoms with Crippen molar-refractivity contribution < 1.29 is 9.84 Å². The summed E-state index contributed by atoms with van der Waals surface area (Å²) in [5.41, 5.74) is 2.90. The van der Waals surface area contributed by atoms with Crippen molar-refractivity contribution in [2.45, 2.75) is 45.1 Å². The molecule has 0 atom stereocenters. The molecule has 2 rings (SSSR count). The molecule has 1 heterocycles. The van der Waals surface area contributed by atoms with Crippen LogP contribution in [0.5, 0.6) is 0 Å². The quantitative estimate of drug-likeness (QED) is 0.748. The lowest BCUT2D eigenvalue weighted by atomic mass is 10.0. The van der Waals surface area contributed by atoms with Gasteiger partial charge in [-0.2, -0.15) is 0 Å². The first-order valence-electron chi connectivity index (χ1n) is 8.29. The Morgan fingerprint density at radius 1 is 1.19 bits per heavy atom. The zero-order chi connectivity index (χ0) is 14.9. The predicted octanol–water partition coefficient (Wildman–Crippen LogP) is 2.79. The molecule has 0 bridgehead atoms. The molecule has 0 aliphatic carbocycles. The summed E-state index contributed by atoms with van der Waals surface area (Å²) in [5.74, 6) is 0. The van der Waals surface area contributed by atoms with E-state index in [9.17, 15) is 0 Å². The number of benzene rings is 1. The van der Waals surface area contributed by atoms with E-state index in [4.69, 9.17) is 9.84 Å². The molecule has 0 unspecified atom stereocenters. The van der Waals surface area contributed by atoms with E-state index in [1.165, 1.54) is 30.5 Å². The Hall–Kier alpha value is -0.900. The molecular formula is C18H29NO2. The number of aryl methyl sites for hydroxylation is 2. The predicted molar refractivity (Wildman–Crippen MR) is 86.6 cm³/mol. The van der Waals surface area contributed by atoms with Crippen LogP contribution >= 0.6 is 0 Å². The Balaban J connectivity index is 1.60. The summed E-state index contributed by atoms with van der Waals surface area (Å²) < 4.78 is 5.77. The van der Waals surface area contributed by atoms with Crippen molar-refractivity contribution in [3.8, 4) is 0 Å². The summed E-state index contributed by atoms with van der Waals surface area (Å²) in [6.07, 6.45) is 5.85. The van der Waals surface area contributed by atoms with Crippen LogP contribution in [0.3, 0.4) is 0 Å². The SMILES string of the molecule is Cc1ccccc1CCCN1CCC(OCCCO)CC1. The minimum atomic E-state index is 0.234. The molecule has 0 aromatic heterocycles. The van der Waals surface area contributed by atoms with E-state index < -0.39 is 0 Å². The van der Waals surface area contributed by atoms with E-state index in [0.717, 1.165) is 32.4 Å². The first kappa shape index (κ1) is 16.5. The van der Waals surface area contributed by atoms with E-state index in [0.29, 0.717) is 12.7 Å². The smallest absolute Gasteiger partial charge is 0.0599 e. The maximum absolute atomic E-state index is 8.76. The molecule has 1 aromatic carbocycles. The third-order valence-corrected chi connectivity index (χ3v) is 4.37. The van der Waals surface area contributed by atoms with Crippen molar-refractivity contribution in [3.05, 3.63) is 35.4 Å². The number of hydrogen-bond donors (Lipinski definition) is 1. The molecule has 1 saturated heterocycles. The van der Waals surface area contributed by atoms with Crippen molar-refractivity contribution in [2.75, 3.05) is 32.8 Å². The van der Waals surface area contributed by atoms with Crippen LogP contribution in [0.2, 0.25) is 0 Å². The Kier molecular flexibility index (Phi) is 7.20. The van der Waals surface area contributed by atoms with Crippen molar-refractivity contribution in [2.24, 2.45) is 0 Å². The van der Waals surface area contributed by atoms with Crippen LogP contribution in [0.4, 0.5) is 0 Å². The number of nitrogens with zero attached hydrogens (tertiary/aromatic N) is 1. The molecule has 1 aliphatic heterocycles. The molecule has 1 fully saturated rings. The molecule has 1 aromatic rings. The second kappa shape index (κ2) is 9.19. The number of likely N-dealkylation sites (tertiary alicyclic amines) is 1. The first-order chi connectivity index (χ1) is 10.3. The Morgan fingerprint density at radius 3 is 2.67 bits per heavy atom. The van der Waals surface area contributed by atoms with Gasteiger partial charge in [-0.05, 0) is 56.7 Å². The summed E-state index contributed by atoms with van der Waals surface area (Å²) in [6, 6.07) is 8.69. The zero-order valence-electron chi connectivity index (χ0n) is 13.3. The molecule has 1 N–H and O–H groups in total. The van der Waals surface area contributed by atoms with Gasteiger partial charge in [0.05, 0.1) is 6.10 Å². The fourth-order valence-electron chi connectivity index (χ4n) is 3.00. The highest BCUT2D eigenvalue weighted by Gasteiger charge is 2.18. The van der Waals surface area contributed by atoms with Gasteiger partial charge in [0.1, 0.15) is 0 Å². The van der Waals surface area contributed by atoms with Gasteiger partial charge in [-0.25, -0.2) is 0 Å². The van der Waals surface area contributed by atoms with Crippen molar-refractivity contribution in [3.63, 3.8) is 0 Å². The topological polar surface area (TPSA) is 32.7 Å². The lowest BCUT2D eigenvalue weighted by molar-refractivity contribution is 0.00219. The number of aliphatic hydroxyl groups excluding tert-OH is 1. The highest BCUT2D eigenvalue weighted by atomic mass is 16.5.